The number of nitrogens with one attached hydrogen (secondary N) is 1. The zero-order valence-corrected chi connectivity index (χ0v) is 16.8. The number of carbonyl (C=O) groups excluding carboxylic acids is 1. The number of halogens is 5. The zero-order valence-electron chi connectivity index (χ0n) is 15.3. The first kappa shape index (κ1) is 21.0. The van der Waals surface area contributed by atoms with Crippen molar-refractivity contribution in [2.75, 3.05) is 5.32 Å². The maximum Gasteiger partial charge on any atom is 0.417 e. The van der Waals surface area contributed by atoms with Crippen LogP contribution in [0, 0.1) is 5.82 Å². The van der Waals surface area contributed by atoms with Gasteiger partial charge in [-0.15, -0.1) is 0 Å². The highest BCUT2D eigenvalue weighted by Gasteiger charge is 2.31. The van der Waals surface area contributed by atoms with Gasteiger partial charge in [0.1, 0.15) is 5.82 Å². The molecule has 0 bridgehead atoms. The highest BCUT2D eigenvalue weighted by atomic mass is 79.9. The molecular weight excluding hydrogens is 456 g/mol. The van der Waals surface area contributed by atoms with Crippen LogP contribution in [0.2, 0.25) is 0 Å². The smallest absolute Gasteiger partial charge is 0.319 e. The second-order valence-corrected chi connectivity index (χ2v) is 7.41. The molecule has 5 nitrogen and oxygen atoms in total. The Bertz CT molecular complexity index is 1050. The van der Waals surface area contributed by atoms with Gasteiger partial charge in [0.25, 0.3) is 5.91 Å². The molecule has 2 heterocycles. The second kappa shape index (κ2) is 7.94. The van der Waals surface area contributed by atoms with E-state index in [1.165, 1.54) is 29.1 Å². The standard InChI is InChI=1S/C19H15BrF4N4O/c1-10(2)17-13(18(29)27-15-5-4-12(20)7-14(15)21)9-26-28(17)16-6-3-11(8-25-16)19(22,23)24/h3-10H,1-2H3,(H,27,29). The lowest BCUT2D eigenvalue weighted by Gasteiger charge is -2.13. The van der Waals surface area contributed by atoms with Crippen LogP contribution in [0.5, 0.6) is 0 Å². The first-order chi connectivity index (χ1) is 13.6. The van der Waals surface area contributed by atoms with Gasteiger partial charge in [0, 0.05) is 10.7 Å². The normalized spacial score (nSPS) is 11.7. The van der Waals surface area contributed by atoms with Crippen LogP contribution in [-0.4, -0.2) is 20.7 Å². The van der Waals surface area contributed by atoms with Gasteiger partial charge in [-0.2, -0.15) is 18.3 Å². The molecule has 0 radical (unpaired) electrons. The van der Waals surface area contributed by atoms with Crippen molar-refractivity contribution < 1.29 is 22.4 Å². The van der Waals surface area contributed by atoms with E-state index in [0.717, 1.165) is 6.07 Å². The second-order valence-electron chi connectivity index (χ2n) is 6.49. The molecule has 10 heteroatoms. The zero-order chi connectivity index (χ0) is 21.3. The number of hydrogen-bond acceptors (Lipinski definition) is 3. The van der Waals surface area contributed by atoms with Gasteiger partial charge < -0.3 is 5.32 Å². The van der Waals surface area contributed by atoms with Crippen LogP contribution in [0.1, 0.15) is 41.4 Å². The third-order valence-electron chi connectivity index (χ3n) is 4.07. The minimum absolute atomic E-state index is 0.00619. The molecule has 0 saturated carbocycles. The van der Waals surface area contributed by atoms with Gasteiger partial charge in [-0.25, -0.2) is 14.1 Å². The Kier molecular flexibility index (Phi) is 5.74. The summed E-state index contributed by atoms with van der Waals surface area (Å²) in [6.07, 6.45) is -2.52. The van der Waals surface area contributed by atoms with Crippen molar-refractivity contribution in [3.05, 3.63) is 69.8 Å². The lowest BCUT2D eigenvalue weighted by atomic mass is 10.1. The summed E-state index contributed by atoms with van der Waals surface area (Å²) in [6, 6.07) is 6.28. The summed E-state index contributed by atoms with van der Waals surface area (Å²) in [5.74, 6) is -1.28. The summed E-state index contributed by atoms with van der Waals surface area (Å²) in [4.78, 5) is 16.5. The molecule has 0 fully saturated rings. The number of hydrogen-bond donors (Lipinski definition) is 1. The Morgan fingerprint density at radius 1 is 1.17 bits per heavy atom. The Hall–Kier alpha value is -2.75. The number of benzene rings is 1. The maximum atomic E-state index is 14.0. The minimum atomic E-state index is -4.50. The minimum Gasteiger partial charge on any atom is -0.319 e. The van der Waals surface area contributed by atoms with E-state index in [2.05, 4.69) is 31.3 Å². The van der Waals surface area contributed by atoms with Gasteiger partial charge in [0.2, 0.25) is 0 Å². The molecular formula is C19H15BrF4N4O. The van der Waals surface area contributed by atoms with Gasteiger partial charge in [-0.05, 0) is 36.2 Å². The van der Waals surface area contributed by atoms with E-state index in [-0.39, 0.29) is 23.0 Å². The predicted octanol–water partition coefficient (Wildman–Crippen LogP) is 5.56. The summed E-state index contributed by atoms with van der Waals surface area (Å²) in [5.41, 5.74) is -0.284. The number of alkyl halides is 3. The van der Waals surface area contributed by atoms with E-state index in [4.69, 9.17) is 0 Å². The van der Waals surface area contributed by atoms with Crippen LogP contribution in [0.15, 0.2) is 47.2 Å². The van der Waals surface area contributed by atoms with Crippen molar-refractivity contribution in [3.63, 3.8) is 0 Å². The number of amides is 1. The molecule has 152 valence electrons. The molecule has 1 aromatic carbocycles. The molecule has 0 unspecified atom stereocenters. The van der Waals surface area contributed by atoms with Crippen LogP contribution < -0.4 is 5.32 Å². The number of nitrogens with zero attached hydrogens (tertiary/aromatic N) is 3. The van der Waals surface area contributed by atoms with Crippen molar-refractivity contribution in [3.8, 4) is 5.82 Å². The van der Waals surface area contributed by atoms with Crippen molar-refractivity contribution in [2.45, 2.75) is 25.9 Å². The van der Waals surface area contributed by atoms with E-state index in [9.17, 15) is 22.4 Å². The lowest BCUT2D eigenvalue weighted by molar-refractivity contribution is -0.137. The molecule has 3 aromatic rings. The van der Waals surface area contributed by atoms with Crippen molar-refractivity contribution >= 4 is 27.5 Å². The quantitative estimate of drug-likeness (QED) is 0.507. The number of pyridine rings is 1. The highest BCUT2D eigenvalue weighted by molar-refractivity contribution is 9.10. The molecule has 0 aliphatic carbocycles. The summed E-state index contributed by atoms with van der Waals surface area (Å²) in [6.45, 7) is 3.60. The topological polar surface area (TPSA) is 59.8 Å². The van der Waals surface area contributed by atoms with Gasteiger partial charge in [-0.3, -0.25) is 4.79 Å². The van der Waals surface area contributed by atoms with Crippen LogP contribution in [0.3, 0.4) is 0 Å². The van der Waals surface area contributed by atoms with Gasteiger partial charge in [0.15, 0.2) is 5.82 Å². The molecule has 0 spiro atoms. The molecule has 0 aliphatic rings. The molecule has 3 rings (SSSR count). The number of carbonyl (C=O) groups is 1. The van der Waals surface area contributed by atoms with E-state index in [0.29, 0.717) is 16.4 Å². The Morgan fingerprint density at radius 3 is 2.45 bits per heavy atom. The Balaban J connectivity index is 1.95. The van der Waals surface area contributed by atoms with Crippen molar-refractivity contribution in [2.24, 2.45) is 0 Å². The summed E-state index contributed by atoms with van der Waals surface area (Å²) in [5, 5.41) is 6.60. The Labute approximate surface area is 171 Å². The molecule has 1 amide bonds. The predicted molar refractivity (Wildman–Crippen MR) is 103 cm³/mol. The van der Waals surface area contributed by atoms with Gasteiger partial charge in [0.05, 0.1) is 28.7 Å². The van der Waals surface area contributed by atoms with Crippen LogP contribution in [0.4, 0.5) is 23.2 Å². The molecule has 29 heavy (non-hydrogen) atoms. The number of anilines is 1. The maximum absolute atomic E-state index is 14.0. The average molecular weight is 471 g/mol. The largest absolute Gasteiger partial charge is 0.417 e. The fourth-order valence-corrected chi connectivity index (χ4v) is 3.06. The summed E-state index contributed by atoms with van der Waals surface area (Å²) in [7, 11) is 0. The average Bonchev–Trinajstić information content (AvgIpc) is 3.09. The number of rotatable bonds is 4. The lowest BCUT2D eigenvalue weighted by Crippen LogP contribution is -2.16. The third kappa shape index (κ3) is 4.47. The first-order valence-electron chi connectivity index (χ1n) is 8.46. The van der Waals surface area contributed by atoms with E-state index < -0.39 is 23.5 Å². The molecule has 0 atom stereocenters. The first-order valence-corrected chi connectivity index (χ1v) is 9.25. The van der Waals surface area contributed by atoms with E-state index >= 15 is 0 Å². The van der Waals surface area contributed by atoms with Crippen molar-refractivity contribution in [1.82, 2.24) is 14.8 Å². The fourth-order valence-electron chi connectivity index (χ4n) is 2.73. The van der Waals surface area contributed by atoms with E-state index in [1.807, 2.05) is 0 Å². The van der Waals surface area contributed by atoms with Crippen LogP contribution in [0.25, 0.3) is 5.82 Å². The Morgan fingerprint density at radius 2 is 1.90 bits per heavy atom. The monoisotopic (exact) mass is 470 g/mol. The summed E-state index contributed by atoms with van der Waals surface area (Å²) >= 11 is 3.14. The molecule has 0 aliphatic heterocycles. The number of aromatic nitrogens is 3. The molecule has 0 saturated heterocycles. The van der Waals surface area contributed by atoms with Gasteiger partial charge >= 0.3 is 6.18 Å². The summed E-state index contributed by atoms with van der Waals surface area (Å²) < 4.78 is 54.1. The third-order valence-corrected chi connectivity index (χ3v) is 4.56. The highest BCUT2D eigenvalue weighted by Crippen LogP contribution is 2.30. The molecule has 2 aromatic heterocycles. The van der Waals surface area contributed by atoms with Crippen molar-refractivity contribution in [1.29, 1.82) is 0 Å². The SMILES string of the molecule is CC(C)c1c(C(=O)Nc2ccc(Br)cc2F)cnn1-c1ccc(C(F)(F)F)cn1. The van der Waals surface area contributed by atoms with Crippen LogP contribution >= 0.6 is 15.9 Å². The van der Waals surface area contributed by atoms with E-state index in [1.54, 1.807) is 19.9 Å². The van der Waals surface area contributed by atoms with Gasteiger partial charge in [-0.1, -0.05) is 29.8 Å². The molecule has 1 N–H and O–H groups in total. The van der Waals surface area contributed by atoms with Crippen LogP contribution in [-0.2, 0) is 6.18 Å². The fraction of sp³-hybridized carbons (Fsp3) is 0.211.